The van der Waals surface area contributed by atoms with Crippen LogP contribution < -0.4 is 5.32 Å². The molecule has 174 valence electrons. The summed E-state index contributed by atoms with van der Waals surface area (Å²) < 4.78 is 21.8. The molecule has 4 aromatic rings. The van der Waals surface area contributed by atoms with E-state index in [4.69, 9.17) is 10.00 Å². The lowest BCUT2D eigenvalue weighted by molar-refractivity contribution is 0.0516. The van der Waals surface area contributed by atoms with Gasteiger partial charge >= 0.3 is 5.97 Å². The number of rotatable bonds is 6. The predicted molar refractivity (Wildman–Crippen MR) is 132 cm³/mol. The van der Waals surface area contributed by atoms with Gasteiger partial charge in [0.25, 0.3) is 0 Å². The van der Waals surface area contributed by atoms with E-state index in [2.05, 4.69) is 16.4 Å². The molecule has 0 spiro atoms. The number of anilines is 2. The van der Waals surface area contributed by atoms with Crippen molar-refractivity contribution in [1.29, 1.82) is 5.26 Å². The highest BCUT2D eigenvalue weighted by Crippen LogP contribution is 2.35. The molecule has 7 heteroatoms. The van der Waals surface area contributed by atoms with Crippen LogP contribution in [0.2, 0.25) is 0 Å². The molecule has 0 atom stereocenters. The lowest BCUT2D eigenvalue weighted by atomic mass is 10.1. The molecule has 2 heterocycles. The van der Waals surface area contributed by atoms with Crippen LogP contribution in [0, 0.1) is 24.1 Å². The maximum absolute atomic E-state index is 14.6. The number of carbonyl (C=O) groups is 1. The molecular formula is C27H27FN4O2. The second-order valence-corrected chi connectivity index (χ2v) is 7.34. The first-order valence-corrected chi connectivity index (χ1v) is 11.2. The number of hydrogen-bond acceptors (Lipinski definition) is 5. The van der Waals surface area contributed by atoms with Gasteiger partial charge in [-0.05, 0) is 55.3 Å². The molecular weight excluding hydrogens is 431 g/mol. The second kappa shape index (κ2) is 11.1. The van der Waals surface area contributed by atoms with E-state index in [0.29, 0.717) is 23.2 Å². The number of carbonyl (C=O) groups excluding carboxylic acids is 1. The van der Waals surface area contributed by atoms with Gasteiger partial charge in [-0.25, -0.2) is 9.18 Å². The number of nitrogens with zero attached hydrogens (tertiary/aromatic N) is 3. The molecule has 6 nitrogen and oxygen atoms in total. The zero-order chi connectivity index (χ0) is 24.7. The molecule has 0 aliphatic carbocycles. The van der Waals surface area contributed by atoms with Gasteiger partial charge in [0.15, 0.2) is 5.69 Å². The fourth-order valence-electron chi connectivity index (χ4n) is 3.62. The lowest BCUT2D eigenvalue weighted by Crippen LogP contribution is -2.15. The molecule has 0 saturated carbocycles. The molecule has 0 amide bonds. The molecule has 0 aliphatic rings. The molecule has 2 aromatic carbocycles. The number of halogens is 1. The minimum Gasteiger partial charge on any atom is -0.461 e. The molecule has 1 N–H and O–H groups in total. The number of esters is 1. The Morgan fingerprint density at radius 2 is 1.91 bits per heavy atom. The molecule has 0 fully saturated rings. The fraction of sp³-hybridized carbons (Fsp3) is 0.222. The van der Waals surface area contributed by atoms with Crippen LogP contribution >= 0.6 is 0 Å². The highest BCUT2D eigenvalue weighted by atomic mass is 19.1. The van der Waals surface area contributed by atoms with Crippen molar-refractivity contribution in [2.45, 2.75) is 34.2 Å². The number of ether oxygens (including phenoxy) is 1. The van der Waals surface area contributed by atoms with Crippen molar-refractivity contribution in [3.63, 3.8) is 0 Å². The van der Waals surface area contributed by atoms with Crippen molar-refractivity contribution in [2.75, 3.05) is 11.9 Å². The Balaban J connectivity index is 0.00000158. The summed E-state index contributed by atoms with van der Waals surface area (Å²) in [7, 11) is 0. The third kappa shape index (κ3) is 5.07. The summed E-state index contributed by atoms with van der Waals surface area (Å²) in [5, 5.41) is 12.8. The van der Waals surface area contributed by atoms with Gasteiger partial charge in [-0.15, -0.1) is 0 Å². The smallest absolute Gasteiger partial charge is 0.357 e. The van der Waals surface area contributed by atoms with Gasteiger partial charge in [-0.3, -0.25) is 4.98 Å². The summed E-state index contributed by atoms with van der Waals surface area (Å²) in [5.41, 5.74) is 3.96. The summed E-state index contributed by atoms with van der Waals surface area (Å²) in [4.78, 5) is 17.2. The second-order valence-electron chi connectivity index (χ2n) is 7.34. The summed E-state index contributed by atoms with van der Waals surface area (Å²) in [5.74, 6) is -0.941. The normalized spacial score (nSPS) is 10.2. The number of pyridine rings is 1. The van der Waals surface area contributed by atoms with Gasteiger partial charge in [-0.1, -0.05) is 32.0 Å². The van der Waals surface area contributed by atoms with E-state index < -0.39 is 11.8 Å². The SMILES string of the molecule is CC.CCOC(=O)c1c(Nc2ccc(C)cc2F)c2cnccc2n1Cc1ccc(C#N)cc1. The van der Waals surface area contributed by atoms with Crippen molar-refractivity contribution in [1.82, 2.24) is 9.55 Å². The standard InChI is InChI=1S/C25H21FN4O2.C2H6/c1-3-32-25(31)24-23(29-21-9-4-16(2)12-20(21)26)19-14-28-11-10-22(19)30(24)15-18-7-5-17(13-27)6-8-18;1-2/h4-12,14,29H,3,15H2,1-2H3;1-2H3. The Morgan fingerprint density at radius 1 is 1.18 bits per heavy atom. The Labute approximate surface area is 198 Å². The highest BCUT2D eigenvalue weighted by molar-refractivity contribution is 6.07. The fourth-order valence-corrected chi connectivity index (χ4v) is 3.62. The van der Waals surface area contributed by atoms with Gasteiger partial charge in [-0.2, -0.15) is 5.26 Å². The summed E-state index contributed by atoms with van der Waals surface area (Å²) in [6, 6.07) is 15.9. The number of nitriles is 1. The highest BCUT2D eigenvalue weighted by Gasteiger charge is 2.25. The number of fused-ring (bicyclic) bond motifs is 1. The minimum absolute atomic E-state index is 0.202. The van der Waals surface area contributed by atoms with Gasteiger partial charge < -0.3 is 14.6 Å². The topological polar surface area (TPSA) is 79.9 Å². The monoisotopic (exact) mass is 458 g/mol. The van der Waals surface area contributed by atoms with E-state index in [9.17, 15) is 9.18 Å². The zero-order valence-corrected chi connectivity index (χ0v) is 19.7. The molecule has 0 radical (unpaired) electrons. The van der Waals surface area contributed by atoms with Gasteiger partial charge in [0.2, 0.25) is 0 Å². The quantitative estimate of drug-likeness (QED) is 0.341. The van der Waals surface area contributed by atoms with E-state index in [0.717, 1.165) is 16.6 Å². The third-order valence-corrected chi connectivity index (χ3v) is 5.14. The Bertz CT molecular complexity index is 1340. The number of aryl methyl sites for hydroxylation is 1. The van der Waals surface area contributed by atoms with Crippen LogP contribution in [0.25, 0.3) is 10.9 Å². The van der Waals surface area contributed by atoms with Gasteiger partial charge in [0.05, 0.1) is 35.1 Å². The number of hydrogen-bond donors (Lipinski definition) is 1. The van der Waals surface area contributed by atoms with E-state index in [-0.39, 0.29) is 18.0 Å². The van der Waals surface area contributed by atoms with Gasteiger partial charge in [0, 0.05) is 24.3 Å². The lowest BCUT2D eigenvalue weighted by Gasteiger charge is -2.13. The first-order valence-electron chi connectivity index (χ1n) is 11.2. The predicted octanol–water partition coefficient (Wildman–Crippen LogP) is 6.35. The molecule has 34 heavy (non-hydrogen) atoms. The van der Waals surface area contributed by atoms with Crippen molar-refractivity contribution in [2.24, 2.45) is 0 Å². The van der Waals surface area contributed by atoms with Gasteiger partial charge in [0.1, 0.15) is 5.82 Å². The first-order chi connectivity index (χ1) is 16.5. The van der Waals surface area contributed by atoms with Crippen LogP contribution in [0.4, 0.5) is 15.8 Å². The van der Waals surface area contributed by atoms with Crippen LogP contribution in [0.1, 0.15) is 48.0 Å². The van der Waals surface area contributed by atoms with Crippen LogP contribution in [0.15, 0.2) is 60.9 Å². The van der Waals surface area contributed by atoms with Crippen LogP contribution in [0.3, 0.4) is 0 Å². The first kappa shape index (κ1) is 24.5. The van der Waals surface area contributed by atoms with E-state index in [1.54, 1.807) is 49.6 Å². The van der Waals surface area contributed by atoms with E-state index in [1.807, 2.05) is 37.5 Å². The summed E-state index contributed by atoms with van der Waals surface area (Å²) >= 11 is 0. The molecule has 0 bridgehead atoms. The van der Waals surface area contributed by atoms with E-state index in [1.165, 1.54) is 6.07 Å². The van der Waals surface area contributed by atoms with Crippen molar-refractivity contribution < 1.29 is 13.9 Å². The third-order valence-electron chi connectivity index (χ3n) is 5.14. The van der Waals surface area contributed by atoms with Crippen LogP contribution in [-0.4, -0.2) is 22.1 Å². The number of nitrogens with one attached hydrogen (secondary N) is 1. The van der Waals surface area contributed by atoms with Crippen LogP contribution in [-0.2, 0) is 11.3 Å². The number of aromatic nitrogens is 2. The Kier molecular flexibility index (Phi) is 7.99. The number of benzene rings is 2. The zero-order valence-electron chi connectivity index (χ0n) is 19.7. The Hall–Kier alpha value is -4.18. The molecule has 0 aliphatic heterocycles. The maximum Gasteiger partial charge on any atom is 0.357 e. The van der Waals surface area contributed by atoms with Crippen molar-refractivity contribution in [3.8, 4) is 6.07 Å². The minimum atomic E-state index is -0.521. The molecule has 2 aromatic heterocycles. The average Bonchev–Trinajstić information content (AvgIpc) is 3.16. The van der Waals surface area contributed by atoms with E-state index >= 15 is 0 Å². The molecule has 4 rings (SSSR count). The van der Waals surface area contributed by atoms with Crippen LogP contribution in [0.5, 0.6) is 0 Å². The maximum atomic E-state index is 14.6. The molecule has 0 saturated heterocycles. The summed E-state index contributed by atoms with van der Waals surface area (Å²) in [6.07, 6.45) is 3.28. The van der Waals surface area contributed by atoms with Crippen molar-refractivity contribution in [3.05, 3.63) is 89.1 Å². The average molecular weight is 459 g/mol. The largest absolute Gasteiger partial charge is 0.461 e. The van der Waals surface area contributed by atoms with Crippen molar-refractivity contribution >= 4 is 28.2 Å². The Morgan fingerprint density at radius 3 is 2.56 bits per heavy atom. The summed E-state index contributed by atoms with van der Waals surface area (Å²) in [6.45, 7) is 8.11. The molecule has 0 unspecified atom stereocenters.